The Morgan fingerprint density at radius 3 is 2.42 bits per heavy atom. The molecule has 1 aliphatic heterocycles. The number of benzene rings is 1. The number of hydrogen-bond acceptors (Lipinski definition) is 6. The van der Waals surface area contributed by atoms with Gasteiger partial charge in [-0.05, 0) is 49.8 Å². The zero-order valence-corrected chi connectivity index (χ0v) is 21.2. The van der Waals surface area contributed by atoms with Crippen LogP contribution < -0.4 is 16.0 Å². The normalized spacial score (nSPS) is 18.4. The van der Waals surface area contributed by atoms with Crippen molar-refractivity contribution < 1.29 is 30.9 Å². The van der Waals surface area contributed by atoms with Crippen molar-refractivity contribution in [1.29, 1.82) is 0 Å². The Labute approximate surface area is 210 Å². The van der Waals surface area contributed by atoms with Gasteiger partial charge < -0.3 is 10.2 Å². The molecule has 0 aliphatic carbocycles. The number of pyridine rings is 1. The fourth-order valence-electron chi connectivity index (χ4n) is 4.05. The predicted molar refractivity (Wildman–Crippen MR) is 130 cm³/mol. The molecule has 0 saturated carbocycles. The molecule has 2 aromatic rings. The molecule has 3 unspecified atom stereocenters. The highest BCUT2D eigenvalue weighted by Gasteiger charge is 2.34. The second-order valence-corrected chi connectivity index (χ2v) is 9.92. The second-order valence-electron chi connectivity index (χ2n) is 9.32. The lowest BCUT2D eigenvalue weighted by atomic mass is 9.96. The lowest BCUT2D eigenvalue weighted by Gasteiger charge is -2.33. The molecule has 3 atom stereocenters. The summed E-state index contributed by atoms with van der Waals surface area (Å²) in [6.07, 6.45) is -2.84. The number of nitrogens with two attached hydrogens (primary N) is 1. The van der Waals surface area contributed by atoms with Crippen LogP contribution in [0.2, 0.25) is 0 Å². The first-order chi connectivity index (χ1) is 16.8. The molecule has 2 heterocycles. The maximum Gasteiger partial charge on any atom is 0.433 e. The highest BCUT2D eigenvalue weighted by Crippen LogP contribution is 2.32. The summed E-state index contributed by atoms with van der Waals surface area (Å²) >= 11 is -2.55. The van der Waals surface area contributed by atoms with E-state index in [1.165, 1.54) is 13.0 Å². The van der Waals surface area contributed by atoms with Gasteiger partial charge in [0.15, 0.2) is 5.72 Å². The zero-order chi connectivity index (χ0) is 26.7. The van der Waals surface area contributed by atoms with Gasteiger partial charge in [0, 0.05) is 25.2 Å². The lowest BCUT2D eigenvalue weighted by Crippen LogP contribution is -2.36. The van der Waals surface area contributed by atoms with Crippen LogP contribution in [-0.2, 0) is 38.8 Å². The van der Waals surface area contributed by atoms with Gasteiger partial charge in [0.25, 0.3) is 0 Å². The Morgan fingerprint density at radius 2 is 1.86 bits per heavy atom. The smallest absolute Gasteiger partial charge is 0.356 e. The molecule has 0 spiro atoms. The van der Waals surface area contributed by atoms with Crippen LogP contribution in [0.3, 0.4) is 0 Å². The van der Waals surface area contributed by atoms with Gasteiger partial charge in [0.2, 0.25) is 5.91 Å². The highest BCUT2D eigenvalue weighted by atomic mass is 32.2. The zero-order valence-electron chi connectivity index (χ0n) is 20.3. The average Bonchev–Trinajstić information content (AvgIpc) is 2.81. The summed E-state index contributed by atoms with van der Waals surface area (Å²) in [5, 5.41) is 2.81. The maximum absolute atomic E-state index is 13.3. The second kappa shape index (κ2) is 11.2. The summed E-state index contributed by atoms with van der Waals surface area (Å²) in [5.74, 6) is -0.142. The van der Waals surface area contributed by atoms with Crippen LogP contribution in [0.5, 0.6) is 0 Å². The molecule has 1 aliphatic rings. The molecule has 3 rings (SSSR count). The average molecular weight is 529 g/mol. The first kappa shape index (κ1) is 28.0. The minimum absolute atomic E-state index is 0.0325. The predicted octanol–water partition coefficient (Wildman–Crippen LogP) is 4.04. The van der Waals surface area contributed by atoms with E-state index in [9.17, 15) is 22.2 Å². The van der Waals surface area contributed by atoms with Crippen LogP contribution in [0, 0.1) is 5.92 Å². The molecule has 1 saturated heterocycles. The van der Waals surface area contributed by atoms with Crippen molar-refractivity contribution in [2.75, 3.05) is 18.0 Å². The van der Waals surface area contributed by atoms with Crippen molar-refractivity contribution in [1.82, 2.24) is 10.3 Å². The van der Waals surface area contributed by atoms with E-state index in [2.05, 4.69) is 17.2 Å². The van der Waals surface area contributed by atoms with Gasteiger partial charge >= 0.3 is 17.5 Å². The minimum Gasteiger partial charge on any atom is -0.356 e. The van der Waals surface area contributed by atoms with Crippen LogP contribution in [0.15, 0.2) is 36.4 Å². The van der Waals surface area contributed by atoms with Crippen LogP contribution in [-0.4, -0.2) is 32.7 Å². The van der Waals surface area contributed by atoms with E-state index in [1.807, 2.05) is 4.90 Å². The molecule has 0 radical (unpaired) electrons. The summed E-state index contributed by atoms with van der Waals surface area (Å²) < 4.78 is 64.6. The molecule has 198 valence electrons. The van der Waals surface area contributed by atoms with E-state index in [0.29, 0.717) is 35.7 Å². The Bertz CT molecular complexity index is 1090. The van der Waals surface area contributed by atoms with Gasteiger partial charge in [0.05, 0.1) is 5.92 Å². The van der Waals surface area contributed by atoms with Gasteiger partial charge in [-0.1, -0.05) is 37.3 Å². The third-order valence-electron chi connectivity index (χ3n) is 6.40. The van der Waals surface area contributed by atoms with Gasteiger partial charge in [-0.2, -0.15) is 17.4 Å². The number of rotatable bonds is 8. The van der Waals surface area contributed by atoms with Gasteiger partial charge in [0.1, 0.15) is 11.5 Å². The quantitative estimate of drug-likeness (QED) is 0.350. The van der Waals surface area contributed by atoms with Crippen molar-refractivity contribution in [3.05, 3.63) is 58.8 Å². The van der Waals surface area contributed by atoms with Crippen molar-refractivity contribution in [3.8, 4) is 0 Å². The number of hydrogen-bond donors (Lipinski definition) is 3. The van der Waals surface area contributed by atoms with E-state index in [-0.39, 0.29) is 18.3 Å². The van der Waals surface area contributed by atoms with Crippen molar-refractivity contribution >= 4 is 23.1 Å². The number of piperidine rings is 1. The lowest BCUT2D eigenvalue weighted by molar-refractivity contribution is -0.141. The molecule has 1 amide bonds. The number of amides is 1. The van der Waals surface area contributed by atoms with E-state index < -0.39 is 34.9 Å². The molecule has 0 bridgehead atoms. The molecule has 12 heteroatoms. The standard InChI is InChI=1S/C24H31F3N4O4S/c1-15-10-12-31(13-11-15)21-18(6-9-20(30-21)24(25,26)27)14-29-22(32)16(2)17-4-7-19(8-5-17)23(3,28)35-36(33)34/h4-9,15-16H,10-14,28H2,1-3H3,(H,29,32)(H,33,34). The summed E-state index contributed by atoms with van der Waals surface area (Å²) in [6, 6.07) is 8.83. The van der Waals surface area contributed by atoms with Crippen LogP contribution in [0.25, 0.3) is 0 Å². The molecule has 1 fully saturated rings. The molecule has 4 N–H and O–H groups in total. The SMILES string of the molecule is CC1CCN(c2nc(C(F)(F)F)ccc2CNC(=O)C(C)c2ccc(C(C)(N)OS(=O)O)cc2)CC1. The van der Waals surface area contributed by atoms with Gasteiger partial charge in [-0.15, -0.1) is 0 Å². The Morgan fingerprint density at radius 1 is 1.25 bits per heavy atom. The number of carbonyl (C=O) groups excluding carboxylic acids is 1. The number of halogens is 3. The van der Waals surface area contributed by atoms with Crippen molar-refractivity contribution in [3.63, 3.8) is 0 Å². The monoisotopic (exact) mass is 528 g/mol. The van der Waals surface area contributed by atoms with E-state index in [0.717, 1.165) is 18.9 Å². The van der Waals surface area contributed by atoms with Crippen LogP contribution in [0.1, 0.15) is 61.9 Å². The van der Waals surface area contributed by atoms with E-state index in [1.54, 1.807) is 31.2 Å². The third-order valence-corrected chi connectivity index (χ3v) is 6.89. The largest absolute Gasteiger partial charge is 0.433 e. The van der Waals surface area contributed by atoms with Crippen molar-refractivity contribution in [2.45, 2.75) is 58.0 Å². The molecule has 1 aromatic carbocycles. The Hall–Kier alpha value is -2.54. The molecule has 1 aromatic heterocycles. The van der Waals surface area contributed by atoms with Gasteiger partial charge in [-0.3, -0.25) is 15.1 Å². The highest BCUT2D eigenvalue weighted by molar-refractivity contribution is 7.74. The molecular formula is C24H31F3N4O4S. The molecule has 36 heavy (non-hydrogen) atoms. The number of nitrogens with one attached hydrogen (secondary N) is 1. The summed E-state index contributed by atoms with van der Waals surface area (Å²) in [6.45, 7) is 6.49. The summed E-state index contributed by atoms with van der Waals surface area (Å²) in [7, 11) is 0. The first-order valence-corrected chi connectivity index (χ1v) is 12.6. The van der Waals surface area contributed by atoms with E-state index in [4.69, 9.17) is 14.5 Å². The number of carbonyl (C=O) groups is 1. The minimum atomic E-state index is -4.56. The number of alkyl halides is 3. The van der Waals surface area contributed by atoms with Crippen LogP contribution >= 0.6 is 0 Å². The van der Waals surface area contributed by atoms with E-state index >= 15 is 0 Å². The van der Waals surface area contributed by atoms with Gasteiger partial charge in [-0.25, -0.2) is 9.17 Å². The topological polar surface area (TPSA) is 118 Å². The third kappa shape index (κ3) is 7.02. The maximum atomic E-state index is 13.3. The Balaban J connectivity index is 1.72. The van der Waals surface area contributed by atoms with Crippen molar-refractivity contribution in [2.24, 2.45) is 11.7 Å². The fourth-order valence-corrected chi connectivity index (χ4v) is 4.45. The van der Waals surface area contributed by atoms with Crippen LogP contribution in [0.4, 0.5) is 19.0 Å². The number of nitrogens with zero attached hydrogens (tertiary/aromatic N) is 2. The summed E-state index contributed by atoms with van der Waals surface area (Å²) in [4.78, 5) is 18.6. The number of aromatic nitrogens is 1. The Kier molecular flexibility index (Phi) is 8.75. The fraction of sp³-hybridized carbons (Fsp3) is 0.500. The summed E-state index contributed by atoms with van der Waals surface area (Å²) in [5.41, 5.74) is 5.08. The molecular weight excluding hydrogens is 497 g/mol. The number of anilines is 1. The molecule has 8 nitrogen and oxygen atoms in total. The first-order valence-electron chi connectivity index (χ1n) is 11.6.